The molecule has 0 saturated carbocycles. The highest BCUT2D eigenvalue weighted by atomic mass is 19.4. The Bertz CT molecular complexity index is 997. The standard InChI is InChI=1S/C23H26F3N3O3/c1-2-30-18-11-16(12-19(13-18)31-15-23(24,25)26)14-29-9-7-17(8-10-29)27-22-28-20-5-3-4-6-21(20)32-22/h3-6,11-13,17H,2,7-10,14-15H2,1H3,(H,27,28). The maximum Gasteiger partial charge on any atom is 0.422 e. The summed E-state index contributed by atoms with van der Waals surface area (Å²) < 4.78 is 53.8. The van der Waals surface area contributed by atoms with Crippen molar-refractivity contribution in [1.29, 1.82) is 0 Å². The minimum atomic E-state index is -4.38. The van der Waals surface area contributed by atoms with Crippen LogP contribution in [0.2, 0.25) is 0 Å². The highest BCUT2D eigenvalue weighted by Gasteiger charge is 2.28. The van der Waals surface area contributed by atoms with Crippen LogP contribution in [0.5, 0.6) is 11.5 Å². The quantitative estimate of drug-likeness (QED) is 0.507. The summed E-state index contributed by atoms with van der Waals surface area (Å²) in [5.41, 5.74) is 2.44. The molecule has 2 heterocycles. The van der Waals surface area contributed by atoms with E-state index in [1.807, 2.05) is 37.3 Å². The molecule has 2 aromatic carbocycles. The number of anilines is 1. The first-order valence-corrected chi connectivity index (χ1v) is 10.7. The van der Waals surface area contributed by atoms with Gasteiger partial charge in [-0.2, -0.15) is 18.2 Å². The van der Waals surface area contributed by atoms with Crippen LogP contribution >= 0.6 is 0 Å². The molecule has 0 amide bonds. The van der Waals surface area contributed by atoms with Gasteiger partial charge < -0.3 is 19.2 Å². The van der Waals surface area contributed by atoms with Crippen LogP contribution in [0, 0.1) is 0 Å². The summed E-state index contributed by atoms with van der Waals surface area (Å²) in [6.07, 6.45) is -2.58. The molecule has 0 bridgehead atoms. The molecule has 172 valence electrons. The Morgan fingerprint density at radius 1 is 1.09 bits per heavy atom. The number of nitrogens with one attached hydrogen (secondary N) is 1. The predicted molar refractivity (Wildman–Crippen MR) is 115 cm³/mol. The Kier molecular flexibility index (Phi) is 6.74. The van der Waals surface area contributed by atoms with Gasteiger partial charge in [-0.15, -0.1) is 0 Å². The highest BCUT2D eigenvalue weighted by molar-refractivity contribution is 5.74. The number of halogens is 3. The first-order chi connectivity index (χ1) is 15.4. The van der Waals surface area contributed by atoms with Gasteiger partial charge in [0.15, 0.2) is 12.2 Å². The van der Waals surface area contributed by atoms with Crippen molar-refractivity contribution < 1.29 is 27.1 Å². The summed E-state index contributed by atoms with van der Waals surface area (Å²) in [6.45, 7) is 3.23. The molecule has 32 heavy (non-hydrogen) atoms. The number of oxazole rings is 1. The van der Waals surface area contributed by atoms with Crippen LogP contribution in [0.4, 0.5) is 19.2 Å². The molecule has 3 aromatic rings. The van der Waals surface area contributed by atoms with E-state index in [0.29, 0.717) is 24.9 Å². The number of benzene rings is 2. The minimum Gasteiger partial charge on any atom is -0.494 e. The zero-order chi connectivity index (χ0) is 22.6. The van der Waals surface area contributed by atoms with Gasteiger partial charge in [0, 0.05) is 31.7 Å². The maximum atomic E-state index is 12.5. The van der Waals surface area contributed by atoms with E-state index in [2.05, 4.69) is 15.2 Å². The Morgan fingerprint density at radius 2 is 1.81 bits per heavy atom. The number of aromatic nitrogens is 1. The summed E-state index contributed by atoms with van der Waals surface area (Å²) in [6, 6.07) is 13.4. The smallest absolute Gasteiger partial charge is 0.422 e. The molecule has 1 aliphatic rings. The van der Waals surface area contributed by atoms with E-state index < -0.39 is 12.8 Å². The molecule has 1 fully saturated rings. The Labute approximate surface area is 184 Å². The fourth-order valence-electron chi connectivity index (χ4n) is 3.82. The van der Waals surface area contributed by atoms with Crippen LogP contribution < -0.4 is 14.8 Å². The second-order valence-electron chi connectivity index (χ2n) is 7.83. The number of likely N-dealkylation sites (tertiary alicyclic amines) is 1. The van der Waals surface area contributed by atoms with Crippen molar-refractivity contribution in [2.75, 3.05) is 31.6 Å². The molecular formula is C23H26F3N3O3. The summed E-state index contributed by atoms with van der Waals surface area (Å²) in [7, 11) is 0. The van der Waals surface area contributed by atoms with Gasteiger partial charge in [-0.25, -0.2) is 0 Å². The number of piperidine rings is 1. The third kappa shape index (κ3) is 6.06. The lowest BCUT2D eigenvalue weighted by Gasteiger charge is -2.32. The van der Waals surface area contributed by atoms with Gasteiger partial charge in [0.25, 0.3) is 6.01 Å². The van der Waals surface area contributed by atoms with Gasteiger partial charge in [-0.3, -0.25) is 4.90 Å². The SMILES string of the molecule is CCOc1cc(CN2CCC(Nc3nc4ccccc4o3)CC2)cc(OCC(F)(F)F)c1. The van der Waals surface area contributed by atoms with Gasteiger partial charge >= 0.3 is 6.18 Å². The molecule has 0 spiro atoms. The topological polar surface area (TPSA) is 59.8 Å². The lowest BCUT2D eigenvalue weighted by Crippen LogP contribution is -2.38. The fourth-order valence-corrected chi connectivity index (χ4v) is 3.82. The van der Waals surface area contributed by atoms with Gasteiger partial charge in [0.05, 0.1) is 6.61 Å². The molecule has 1 aromatic heterocycles. The van der Waals surface area contributed by atoms with E-state index in [1.165, 1.54) is 6.07 Å². The lowest BCUT2D eigenvalue weighted by atomic mass is 10.0. The molecule has 9 heteroatoms. The molecule has 1 N–H and O–H groups in total. The number of hydrogen-bond donors (Lipinski definition) is 1. The molecule has 0 radical (unpaired) electrons. The predicted octanol–water partition coefficient (Wildman–Crippen LogP) is 5.24. The molecule has 0 aliphatic carbocycles. The first kappa shape index (κ1) is 22.3. The number of nitrogens with zero attached hydrogens (tertiary/aromatic N) is 2. The zero-order valence-corrected chi connectivity index (χ0v) is 17.8. The summed E-state index contributed by atoms with van der Waals surface area (Å²) in [5.74, 6) is 0.672. The second-order valence-corrected chi connectivity index (χ2v) is 7.83. The van der Waals surface area contributed by atoms with E-state index in [4.69, 9.17) is 13.9 Å². The maximum absolute atomic E-state index is 12.5. The van der Waals surface area contributed by atoms with Crippen LogP contribution in [0.25, 0.3) is 11.1 Å². The van der Waals surface area contributed by atoms with Gasteiger partial charge in [-0.1, -0.05) is 12.1 Å². The van der Waals surface area contributed by atoms with Crippen LogP contribution in [0.3, 0.4) is 0 Å². The third-order valence-electron chi connectivity index (χ3n) is 5.27. The Morgan fingerprint density at radius 3 is 2.50 bits per heavy atom. The molecule has 0 unspecified atom stereocenters. The van der Waals surface area contributed by atoms with E-state index in [1.54, 1.807) is 6.07 Å². The van der Waals surface area contributed by atoms with Crippen molar-refractivity contribution in [3.8, 4) is 11.5 Å². The highest BCUT2D eigenvalue weighted by Crippen LogP contribution is 2.27. The van der Waals surface area contributed by atoms with Crippen LogP contribution in [0.1, 0.15) is 25.3 Å². The van der Waals surface area contributed by atoms with Gasteiger partial charge in [-0.05, 0) is 49.6 Å². The van der Waals surface area contributed by atoms with Crippen molar-refractivity contribution in [2.24, 2.45) is 0 Å². The van der Waals surface area contributed by atoms with Crippen LogP contribution in [-0.4, -0.2) is 48.4 Å². The first-order valence-electron chi connectivity index (χ1n) is 10.7. The van der Waals surface area contributed by atoms with E-state index in [-0.39, 0.29) is 11.8 Å². The van der Waals surface area contributed by atoms with E-state index in [9.17, 15) is 13.2 Å². The molecule has 6 nitrogen and oxygen atoms in total. The van der Waals surface area contributed by atoms with Crippen molar-refractivity contribution in [2.45, 2.75) is 38.5 Å². The number of ether oxygens (including phenoxy) is 2. The molecular weight excluding hydrogens is 423 g/mol. The third-order valence-corrected chi connectivity index (χ3v) is 5.27. The number of alkyl halides is 3. The number of hydrogen-bond acceptors (Lipinski definition) is 6. The summed E-state index contributed by atoms with van der Waals surface area (Å²) in [5, 5.41) is 3.37. The van der Waals surface area contributed by atoms with Crippen molar-refractivity contribution in [3.05, 3.63) is 48.0 Å². The van der Waals surface area contributed by atoms with E-state index in [0.717, 1.165) is 42.6 Å². The van der Waals surface area contributed by atoms with Crippen molar-refractivity contribution in [1.82, 2.24) is 9.88 Å². The number of rotatable bonds is 8. The largest absolute Gasteiger partial charge is 0.494 e. The molecule has 1 saturated heterocycles. The average molecular weight is 449 g/mol. The minimum absolute atomic E-state index is 0.163. The monoisotopic (exact) mass is 449 g/mol. The summed E-state index contributed by atoms with van der Waals surface area (Å²) in [4.78, 5) is 6.73. The summed E-state index contributed by atoms with van der Waals surface area (Å²) >= 11 is 0. The Hall–Kier alpha value is -2.94. The number of para-hydroxylation sites is 2. The Balaban J connectivity index is 1.33. The zero-order valence-electron chi connectivity index (χ0n) is 17.8. The average Bonchev–Trinajstić information content (AvgIpc) is 3.16. The van der Waals surface area contributed by atoms with E-state index >= 15 is 0 Å². The van der Waals surface area contributed by atoms with Crippen molar-refractivity contribution in [3.63, 3.8) is 0 Å². The fraction of sp³-hybridized carbons (Fsp3) is 0.435. The molecule has 4 rings (SSSR count). The van der Waals surface area contributed by atoms with Crippen LogP contribution in [0.15, 0.2) is 46.9 Å². The second kappa shape index (κ2) is 9.68. The molecule has 1 aliphatic heterocycles. The van der Waals surface area contributed by atoms with Crippen molar-refractivity contribution >= 4 is 17.1 Å². The van der Waals surface area contributed by atoms with Gasteiger partial charge in [0.1, 0.15) is 17.0 Å². The normalized spacial score (nSPS) is 15.8. The molecule has 0 atom stereocenters. The lowest BCUT2D eigenvalue weighted by molar-refractivity contribution is -0.153. The van der Waals surface area contributed by atoms with Crippen LogP contribution in [-0.2, 0) is 6.54 Å². The van der Waals surface area contributed by atoms with Gasteiger partial charge in [0.2, 0.25) is 0 Å². The number of fused-ring (bicyclic) bond motifs is 1.